The monoisotopic (exact) mass is 140 g/mol. The molecule has 0 aromatic rings. The lowest BCUT2D eigenvalue weighted by atomic mass is 9.93. The van der Waals surface area contributed by atoms with Crippen molar-refractivity contribution in [3.63, 3.8) is 0 Å². The van der Waals surface area contributed by atoms with Crippen LogP contribution in [0.3, 0.4) is 0 Å². The molecule has 1 aliphatic rings. The van der Waals surface area contributed by atoms with Crippen LogP contribution in [0, 0.1) is 17.2 Å². The van der Waals surface area contributed by atoms with E-state index in [2.05, 4.69) is 6.07 Å². The van der Waals surface area contributed by atoms with Crippen LogP contribution in [0.4, 0.5) is 0 Å². The third-order valence-electron chi connectivity index (χ3n) is 1.90. The first-order valence-corrected chi connectivity index (χ1v) is 3.55. The second kappa shape index (κ2) is 3.55. The highest BCUT2D eigenvalue weighted by molar-refractivity contribution is 4.84. The molecule has 0 spiro atoms. The Kier molecular flexibility index (Phi) is 2.67. The molecule has 0 amide bonds. The normalized spacial score (nSPS) is 33.2. The summed E-state index contributed by atoms with van der Waals surface area (Å²) in [5, 5.41) is 8.39. The highest BCUT2D eigenvalue weighted by Crippen LogP contribution is 2.16. The van der Waals surface area contributed by atoms with Gasteiger partial charge in [-0.05, 0) is 12.3 Å². The average molecular weight is 140 g/mol. The van der Waals surface area contributed by atoms with E-state index in [-0.39, 0.29) is 6.04 Å². The number of rotatable bonds is 1. The first kappa shape index (κ1) is 7.52. The zero-order chi connectivity index (χ0) is 7.40. The van der Waals surface area contributed by atoms with Crippen LogP contribution in [0.25, 0.3) is 0 Å². The van der Waals surface area contributed by atoms with Crippen LogP contribution < -0.4 is 5.73 Å². The van der Waals surface area contributed by atoms with Gasteiger partial charge in [0.2, 0.25) is 0 Å². The maximum absolute atomic E-state index is 8.39. The van der Waals surface area contributed by atoms with Gasteiger partial charge in [-0.25, -0.2) is 0 Å². The lowest BCUT2D eigenvalue weighted by molar-refractivity contribution is 0.0505. The summed E-state index contributed by atoms with van der Waals surface area (Å²) >= 11 is 0. The number of nitriles is 1. The molecule has 0 saturated carbocycles. The lowest BCUT2D eigenvalue weighted by Gasteiger charge is -2.26. The average Bonchev–Trinajstić information content (AvgIpc) is 1.94. The summed E-state index contributed by atoms with van der Waals surface area (Å²) in [6.45, 7) is 1.38. The second-order valence-corrected chi connectivity index (χ2v) is 2.65. The van der Waals surface area contributed by atoms with Crippen LogP contribution in [0.5, 0.6) is 0 Å². The minimum absolute atomic E-state index is 0.0772. The molecule has 56 valence electrons. The van der Waals surface area contributed by atoms with E-state index in [9.17, 15) is 0 Å². The Morgan fingerprint density at radius 3 is 3.10 bits per heavy atom. The molecule has 0 unspecified atom stereocenters. The largest absolute Gasteiger partial charge is 0.380 e. The molecular weight excluding hydrogens is 128 g/mol. The molecule has 10 heavy (non-hydrogen) atoms. The fourth-order valence-electron chi connectivity index (χ4n) is 1.17. The molecule has 1 saturated heterocycles. The summed E-state index contributed by atoms with van der Waals surface area (Å²) in [7, 11) is 0. The summed E-state index contributed by atoms with van der Waals surface area (Å²) in [4.78, 5) is 0. The minimum Gasteiger partial charge on any atom is -0.380 e. The fraction of sp³-hybridized carbons (Fsp3) is 0.857. The van der Waals surface area contributed by atoms with Crippen molar-refractivity contribution in [3.05, 3.63) is 0 Å². The third kappa shape index (κ3) is 1.69. The van der Waals surface area contributed by atoms with Gasteiger partial charge in [0.15, 0.2) is 0 Å². The van der Waals surface area contributed by atoms with Gasteiger partial charge in [0.05, 0.1) is 12.7 Å². The van der Waals surface area contributed by atoms with Crippen molar-refractivity contribution in [2.45, 2.75) is 18.9 Å². The van der Waals surface area contributed by atoms with Crippen molar-refractivity contribution < 1.29 is 4.74 Å². The van der Waals surface area contributed by atoms with Gasteiger partial charge in [0.1, 0.15) is 0 Å². The number of hydrogen-bond acceptors (Lipinski definition) is 3. The Hall–Kier alpha value is -0.590. The molecule has 1 rings (SSSR count). The molecule has 1 fully saturated rings. The van der Waals surface area contributed by atoms with Crippen LogP contribution in [0.1, 0.15) is 12.8 Å². The highest BCUT2D eigenvalue weighted by atomic mass is 16.5. The molecule has 0 aromatic carbocycles. The Bertz CT molecular complexity index is 141. The molecule has 2 N–H and O–H groups in total. The van der Waals surface area contributed by atoms with Crippen molar-refractivity contribution in [1.29, 1.82) is 5.26 Å². The predicted octanol–water partition coefficient (Wildman–Crippen LogP) is 0.264. The van der Waals surface area contributed by atoms with Crippen LogP contribution >= 0.6 is 0 Å². The number of nitrogens with zero attached hydrogens (tertiary/aromatic N) is 1. The summed E-state index contributed by atoms with van der Waals surface area (Å²) < 4.78 is 5.12. The minimum atomic E-state index is 0.0772. The number of ether oxygens (including phenoxy) is 1. The van der Waals surface area contributed by atoms with Crippen LogP contribution in [-0.4, -0.2) is 19.3 Å². The van der Waals surface area contributed by atoms with Crippen molar-refractivity contribution in [3.8, 4) is 6.07 Å². The Morgan fingerprint density at radius 1 is 1.70 bits per heavy atom. The zero-order valence-electron chi connectivity index (χ0n) is 5.92. The van der Waals surface area contributed by atoms with Crippen LogP contribution in [-0.2, 0) is 4.74 Å². The van der Waals surface area contributed by atoms with Crippen molar-refractivity contribution in [2.24, 2.45) is 11.7 Å². The van der Waals surface area contributed by atoms with Gasteiger partial charge >= 0.3 is 0 Å². The zero-order valence-corrected chi connectivity index (χ0v) is 5.92. The smallest absolute Gasteiger partial charge is 0.0625 e. The van der Waals surface area contributed by atoms with Crippen molar-refractivity contribution in [2.75, 3.05) is 13.2 Å². The molecular formula is C7H12N2O. The quantitative estimate of drug-likeness (QED) is 0.568. The van der Waals surface area contributed by atoms with Gasteiger partial charge in [0, 0.05) is 19.1 Å². The van der Waals surface area contributed by atoms with Gasteiger partial charge in [-0.15, -0.1) is 0 Å². The maximum atomic E-state index is 8.39. The topological polar surface area (TPSA) is 59.0 Å². The SMILES string of the molecule is N#CC[C@H]1CCOC[C@H]1N. The molecule has 0 bridgehead atoms. The van der Waals surface area contributed by atoms with Crippen LogP contribution in [0.15, 0.2) is 0 Å². The van der Waals surface area contributed by atoms with Crippen LogP contribution in [0.2, 0.25) is 0 Å². The van der Waals surface area contributed by atoms with Gasteiger partial charge in [-0.1, -0.05) is 0 Å². The molecule has 1 heterocycles. The lowest BCUT2D eigenvalue weighted by Crippen LogP contribution is -2.39. The van der Waals surface area contributed by atoms with E-state index in [1.165, 1.54) is 0 Å². The summed E-state index contributed by atoms with van der Waals surface area (Å²) in [5.41, 5.74) is 5.69. The van der Waals surface area contributed by atoms with Gasteiger partial charge < -0.3 is 10.5 Å². The molecule has 1 aliphatic heterocycles. The molecule has 0 aromatic heterocycles. The number of hydrogen-bond donors (Lipinski definition) is 1. The molecule has 2 atom stereocenters. The van der Waals surface area contributed by atoms with Gasteiger partial charge in [-0.3, -0.25) is 0 Å². The second-order valence-electron chi connectivity index (χ2n) is 2.65. The van der Waals surface area contributed by atoms with E-state index in [0.29, 0.717) is 18.9 Å². The summed E-state index contributed by atoms with van der Waals surface area (Å²) in [6, 6.07) is 2.21. The predicted molar refractivity (Wildman–Crippen MR) is 37.1 cm³/mol. The van der Waals surface area contributed by atoms with E-state index in [1.807, 2.05) is 0 Å². The molecule has 0 radical (unpaired) electrons. The first-order chi connectivity index (χ1) is 4.84. The van der Waals surface area contributed by atoms with E-state index < -0.39 is 0 Å². The van der Waals surface area contributed by atoms with E-state index in [1.54, 1.807) is 0 Å². The van der Waals surface area contributed by atoms with Gasteiger partial charge in [-0.2, -0.15) is 5.26 Å². The molecule has 3 heteroatoms. The fourth-order valence-corrected chi connectivity index (χ4v) is 1.17. The van der Waals surface area contributed by atoms with Crippen molar-refractivity contribution in [1.82, 2.24) is 0 Å². The van der Waals surface area contributed by atoms with Crippen molar-refractivity contribution >= 4 is 0 Å². The summed E-state index contributed by atoms with van der Waals surface area (Å²) in [6.07, 6.45) is 1.51. The Balaban J connectivity index is 2.34. The van der Waals surface area contributed by atoms with E-state index in [4.69, 9.17) is 15.7 Å². The Labute approximate surface area is 60.8 Å². The Morgan fingerprint density at radius 2 is 2.50 bits per heavy atom. The molecule has 3 nitrogen and oxygen atoms in total. The number of nitrogens with two attached hydrogens (primary N) is 1. The molecule has 0 aliphatic carbocycles. The van der Waals surface area contributed by atoms with E-state index >= 15 is 0 Å². The van der Waals surface area contributed by atoms with Gasteiger partial charge in [0.25, 0.3) is 0 Å². The third-order valence-corrected chi connectivity index (χ3v) is 1.90. The van der Waals surface area contributed by atoms with E-state index in [0.717, 1.165) is 13.0 Å². The first-order valence-electron chi connectivity index (χ1n) is 3.55. The maximum Gasteiger partial charge on any atom is 0.0625 e. The highest BCUT2D eigenvalue weighted by Gasteiger charge is 2.21. The standard InChI is InChI=1S/C7H12N2O/c8-3-1-6-2-4-10-5-7(6)9/h6-7H,1-2,4-5,9H2/t6-,7+/m0/s1. The summed E-state index contributed by atoms with van der Waals surface area (Å²) in [5.74, 6) is 0.360.